The van der Waals surface area contributed by atoms with Gasteiger partial charge >= 0.3 is 12.0 Å². The van der Waals surface area contributed by atoms with Gasteiger partial charge in [0.15, 0.2) is 0 Å². The number of nitrogens with zero attached hydrogens (tertiary/aromatic N) is 1. The van der Waals surface area contributed by atoms with Crippen LogP contribution in [0, 0.1) is 13.8 Å². The van der Waals surface area contributed by atoms with Gasteiger partial charge in [0.25, 0.3) is 0 Å². The van der Waals surface area contributed by atoms with Gasteiger partial charge in [-0.3, -0.25) is 5.32 Å². The van der Waals surface area contributed by atoms with Crippen LogP contribution < -0.4 is 10.6 Å². The van der Waals surface area contributed by atoms with Gasteiger partial charge in [-0.05, 0) is 43.1 Å². The Labute approximate surface area is 119 Å². The van der Waals surface area contributed by atoms with E-state index in [0.29, 0.717) is 11.4 Å². The minimum Gasteiger partial charge on any atom is -0.478 e. The maximum absolute atomic E-state index is 11.8. The third kappa shape index (κ3) is 3.12. The highest BCUT2D eigenvalue weighted by Crippen LogP contribution is 2.24. The third-order valence-electron chi connectivity index (χ3n) is 2.58. The molecule has 0 saturated carbocycles. The number of aryl methyl sites for hydroxylation is 2. The van der Waals surface area contributed by atoms with E-state index in [0.717, 1.165) is 17.1 Å². The van der Waals surface area contributed by atoms with Crippen molar-refractivity contribution in [2.24, 2.45) is 0 Å². The lowest BCUT2D eigenvalue weighted by Gasteiger charge is -2.07. The number of urea groups is 1. The van der Waals surface area contributed by atoms with E-state index in [2.05, 4.69) is 15.0 Å². The van der Waals surface area contributed by atoms with Crippen LogP contribution in [0.1, 0.15) is 21.6 Å². The van der Waals surface area contributed by atoms with Gasteiger partial charge in [0, 0.05) is 5.69 Å². The first-order valence-corrected chi connectivity index (χ1v) is 6.59. The first-order valence-electron chi connectivity index (χ1n) is 5.81. The van der Waals surface area contributed by atoms with Crippen LogP contribution in [0.3, 0.4) is 0 Å². The van der Waals surface area contributed by atoms with Crippen LogP contribution in [0.15, 0.2) is 24.3 Å². The lowest BCUT2D eigenvalue weighted by Crippen LogP contribution is -2.20. The summed E-state index contributed by atoms with van der Waals surface area (Å²) < 4.78 is 3.93. The molecule has 0 atom stereocenters. The average Bonchev–Trinajstić information content (AvgIpc) is 2.70. The number of benzene rings is 1. The fourth-order valence-corrected chi connectivity index (χ4v) is 2.48. The SMILES string of the molecule is Cc1cccc(NC(=O)Nc2snc(C)c2C(=O)O)c1. The van der Waals surface area contributed by atoms with Crippen LogP contribution >= 0.6 is 11.5 Å². The summed E-state index contributed by atoms with van der Waals surface area (Å²) in [4.78, 5) is 22.9. The summed E-state index contributed by atoms with van der Waals surface area (Å²) >= 11 is 0.944. The second-order valence-corrected chi connectivity index (χ2v) is 5.00. The van der Waals surface area contributed by atoms with Gasteiger partial charge < -0.3 is 10.4 Å². The van der Waals surface area contributed by atoms with Crippen molar-refractivity contribution in [2.45, 2.75) is 13.8 Å². The van der Waals surface area contributed by atoms with Crippen molar-refractivity contribution in [3.63, 3.8) is 0 Å². The Morgan fingerprint density at radius 2 is 2.00 bits per heavy atom. The number of hydrogen-bond acceptors (Lipinski definition) is 4. The molecule has 104 valence electrons. The van der Waals surface area contributed by atoms with Crippen molar-refractivity contribution in [1.82, 2.24) is 4.37 Å². The molecule has 2 amide bonds. The summed E-state index contributed by atoms with van der Waals surface area (Å²) in [5, 5.41) is 14.4. The number of anilines is 2. The Balaban J connectivity index is 2.11. The number of carbonyl (C=O) groups excluding carboxylic acids is 1. The fourth-order valence-electron chi connectivity index (χ4n) is 1.70. The van der Waals surface area contributed by atoms with Gasteiger partial charge in [0.05, 0.1) is 5.69 Å². The smallest absolute Gasteiger partial charge is 0.340 e. The lowest BCUT2D eigenvalue weighted by molar-refractivity contribution is 0.0697. The number of carboxylic acid groups (broad SMARTS) is 1. The molecule has 0 fully saturated rings. The molecule has 2 aromatic rings. The van der Waals surface area contributed by atoms with Gasteiger partial charge in [-0.1, -0.05) is 12.1 Å². The number of aromatic nitrogens is 1. The number of carboxylic acids is 1. The van der Waals surface area contributed by atoms with E-state index in [1.54, 1.807) is 13.0 Å². The predicted octanol–water partition coefficient (Wildman–Crippen LogP) is 3.10. The summed E-state index contributed by atoms with van der Waals surface area (Å²) in [5.74, 6) is -1.11. The second-order valence-electron chi connectivity index (χ2n) is 4.23. The van der Waals surface area contributed by atoms with E-state index in [1.165, 1.54) is 0 Å². The van der Waals surface area contributed by atoms with E-state index in [1.807, 2.05) is 25.1 Å². The number of nitrogens with one attached hydrogen (secondary N) is 2. The minimum atomic E-state index is -1.11. The van der Waals surface area contributed by atoms with Crippen molar-refractivity contribution in [1.29, 1.82) is 0 Å². The highest BCUT2D eigenvalue weighted by molar-refractivity contribution is 7.11. The topological polar surface area (TPSA) is 91.3 Å². The molecule has 1 heterocycles. The van der Waals surface area contributed by atoms with Crippen molar-refractivity contribution < 1.29 is 14.7 Å². The van der Waals surface area contributed by atoms with Crippen molar-refractivity contribution in [3.8, 4) is 0 Å². The zero-order valence-corrected chi connectivity index (χ0v) is 11.7. The van der Waals surface area contributed by atoms with Gasteiger partial charge in [0.1, 0.15) is 10.6 Å². The van der Waals surface area contributed by atoms with Crippen LogP contribution in [-0.2, 0) is 0 Å². The number of carbonyl (C=O) groups is 2. The van der Waals surface area contributed by atoms with Gasteiger partial charge in [-0.2, -0.15) is 4.37 Å². The highest BCUT2D eigenvalue weighted by Gasteiger charge is 2.19. The Morgan fingerprint density at radius 1 is 1.25 bits per heavy atom. The van der Waals surface area contributed by atoms with E-state index in [-0.39, 0.29) is 10.6 Å². The van der Waals surface area contributed by atoms with Gasteiger partial charge in [0.2, 0.25) is 0 Å². The maximum atomic E-state index is 11.8. The Morgan fingerprint density at radius 3 is 2.65 bits per heavy atom. The normalized spacial score (nSPS) is 10.1. The Kier molecular flexibility index (Phi) is 3.99. The fraction of sp³-hybridized carbons (Fsp3) is 0.154. The number of aromatic carboxylic acids is 1. The molecule has 0 saturated heterocycles. The summed E-state index contributed by atoms with van der Waals surface area (Å²) in [5.41, 5.74) is 2.06. The molecule has 0 aliphatic carbocycles. The van der Waals surface area contributed by atoms with E-state index in [4.69, 9.17) is 5.11 Å². The molecule has 2 rings (SSSR count). The molecule has 0 aliphatic heterocycles. The van der Waals surface area contributed by atoms with Crippen LogP contribution in [0.25, 0.3) is 0 Å². The lowest BCUT2D eigenvalue weighted by atomic mass is 10.2. The Bertz CT molecular complexity index is 667. The molecule has 1 aromatic carbocycles. The maximum Gasteiger partial charge on any atom is 0.340 e. The molecular formula is C13H13N3O3S. The summed E-state index contributed by atoms with van der Waals surface area (Å²) in [6.45, 7) is 3.50. The largest absolute Gasteiger partial charge is 0.478 e. The first-order chi connectivity index (χ1) is 9.47. The average molecular weight is 291 g/mol. The number of rotatable bonds is 3. The standard InChI is InChI=1S/C13H13N3O3S/c1-7-4-3-5-9(6-7)14-13(19)15-11-10(12(17)18)8(2)16-20-11/h3-6H,1-2H3,(H,17,18)(H2,14,15,19). The number of hydrogen-bond donors (Lipinski definition) is 3. The molecule has 0 radical (unpaired) electrons. The molecule has 20 heavy (non-hydrogen) atoms. The highest BCUT2D eigenvalue weighted by atomic mass is 32.1. The molecule has 0 aliphatic rings. The summed E-state index contributed by atoms with van der Waals surface area (Å²) in [6.07, 6.45) is 0. The molecule has 0 bridgehead atoms. The van der Waals surface area contributed by atoms with Crippen molar-refractivity contribution >= 4 is 34.2 Å². The quantitative estimate of drug-likeness (QED) is 0.810. The second kappa shape index (κ2) is 5.70. The van der Waals surface area contributed by atoms with Crippen LogP contribution in [-0.4, -0.2) is 21.5 Å². The van der Waals surface area contributed by atoms with E-state index in [9.17, 15) is 9.59 Å². The first kappa shape index (κ1) is 14.0. The zero-order valence-electron chi connectivity index (χ0n) is 10.9. The van der Waals surface area contributed by atoms with Gasteiger partial charge in [-0.25, -0.2) is 9.59 Å². The molecule has 3 N–H and O–H groups in total. The predicted molar refractivity (Wildman–Crippen MR) is 77.6 cm³/mol. The minimum absolute atomic E-state index is 0.0226. The molecule has 0 spiro atoms. The molecule has 0 unspecified atom stereocenters. The Hall–Kier alpha value is -2.41. The number of amides is 2. The van der Waals surface area contributed by atoms with Crippen LogP contribution in [0.4, 0.5) is 15.5 Å². The summed E-state index contributed by atoms with van der Waals surface area (Å²) in [6, 6.07) is 6.81. The summed E-state index contributed by atoms with van der Waals surface area (Å²) in [7, 11) is 0. The van der Waals surface area contributed by atoms with E-state index >= 15 is 0 Å². The van der Waals surface area contributed by atoms with Crippen LogP contribution in [0.2, 0.25) is 0 Å². The molecular weight excluding hydrogens is 278 g/mol. The zero-order chi connectivity index (χ0) is 14.7. The van der Waals surface area contributed by atoms with Crippen LogP contribution in [0.5, 0.6) is 0 Å². The third-order valence-corrected chi connectivity index (χ3v) is 3.43. The monoisotopic (exact) mass is 291 g/mol. The van der Waals surface area contributed by atoms with E-state index < -0.39 is 12.0 Å². The molecule has 7 heteroatoms. The molecule has 6 nitrogen and oxygen atoms in total. The van der Waals surface area contributed by atoms with Crippen molar-refractivity contribution in [2.75, 3.05) is 10.6 Å². The molecule has 1 aromatic heterocycles. The van der Waals surface area contributed by atoms with Crippen molar-refractivity contribution in [3.05, 3.63) is 41.1 Å². The van der Waals surface area contributed by atoms with Gasteiger partial charge in [-0.15, -0.1) is 0 Å².